The second-order valence-corrected chi connectivity index (χ2v) is 4.91. The quantitative estimate of drug-likeness (QED) is 0.790. The zero-order valence-corrected chi connectivity index (χ0v) is 12.8. The number of Topliss-reactive ketones (excluding diaryl/α,β-unsaturated/α-hetero) is 1. The number of amides is 1. The first-order chi connectivity index (χ1) is 11.1. The van der Waals surface area contributed by atoms with Crippen LogP contribution in [0.2, 0.25) is 0 Å². The van der Waals surface area contributed by atoms with Crippen LogP contribution in [0.4, 0.5) is 10.1 Å². The molecule has 0 aromatic heterocycles. The van der Waals surface area contributed by atoms with Crippen molar-refractivity contribution in [2.24, 2.45) is 0 Å². The van der Waals surface area contributed by atoms with Gasteiger partial charge in [0.15, 0.2) is 5.78 Å². The Morgan fingerprint density at radius 1 is 1.04 bits per heavy atom. The van der Waals surface area contributed by atoms with Crippen molar-refractivity contribution in [3.05, 3.63) is 59.9 Å². The van der Waals surface area contributed by atoms with Crippen molar-refractivity contribution >= 4 is 17.4 Å². The van der Waals surface area contributed by atoms with Crippen LogP contribution in [0.25, 0.3) is 0 Å². The van der Waals surface area contributed by atoms with E-state index < -0.39 is 5.82 Å². The molecule has 0 saturated heterocycles. The molecule has 0 bridgehead atoms. The smallest absolute Gasteiger partial charge is 0.224 e. The predicted molar refractivity (Wildman–Crippen MR) is 86.2 cm³/mol. The van der Waals surface area contributed by atoms with Crippen molar-refractivity contribution in [1.82, 2.24) is 0 Å². The molecule has 1 amide bonds. The molecule has 0 radical (unpaired) electrons. The van der Waals surface area contributed by atoms with E-state index in [0.29, 0.717) is 12.3 Å². The molecule has 0 fully saturated rings. The Labute approximate surface area is 134 Å². The number of hydrogen-bond acceptors (Lipinski definition) is 3. The van der Waals surface area contributed by atoms with Crippen LogP contribution in [0.5, 0.6) is 5.75 Å². The fourth-order valence-electron chi connectivity index (χ4n) is 2.07. The minimum atomic E-state index is -0.565. The van der Waals surface area contributed by atoms with Gasteiger partial charge >= 0.3 is 0 Å². The predicted octanol–water partition coefficient (Wildman–Crippen LogP) is 3.83. The molecule has 120 valence electrons. The molecule has 2 rings (SSSR count). The minimum absolute atomic E-state index is 0.000376. The first-order valence-corrected chi connectivity index (χ1v) is 7.40. The number of carbonyl (C=O) groups is 2. The molecule has 4 nitrogen and oxygen atoms in total. The molecule has 5 heteroatoms. The summed E-state index contributed by atoms with van der Waals surface area (Å²) in [5.74, 6) is -0.520. The molecule has 0 heterocycles. The van der Waals surface area contributed by atoms with Gasteiger partial charge in [-0.15, -0.1) is 0 Å². The molecular weight excluding hydrogens is 297 g/mol. The maximum absolute atomic E-state index is 13.5. The Hall–Kier alpha value is -2.69. The zero-order valence-electron chi connectivity index (χ0n) is 12.8. The average molecular weight is 315 g/mol. The summed E-state index contributed by atoms with van der Waals surface area (Å²) < 4.78 is 18.8. The van der Waals surface area contributed by atoms with Crippen molar-refractivity contribution in [2.45, 2.75) is 19.8 Å². The third-order valence-electron chi connectivity index (χ3n) is 3.20. The standard InChI is InChI=1S/C18H18FNO3/c1-2-23-14-9-7-13(8-10-14)20-18(22)12-11-17(21)15-5-3-4-6-16(15)19/h3-10H,2,11-12H2,1H3,(H,20,22). The van der Waals surface area contributed by atoms with Gasteiger partial charge in [-0.25, -0.2) is 4.39 Å². The summed E-state index contributed by atoms with van der Waals surface area (Å²) in [4.78, 5) is 23.8. The first-order valence-electron chi connectivity index (χ1n) is 7.40. The topological polar surface area (TPSA) is 55.4 Å². The van der Waals surface area contributed by atoms with Crippen LogP contribution in [-0.2, 0) is 4.79 Å². The van der Waals surface area contributed by atoms with E-state index in [2.05, 4.69) is 5.32 Å². The number of anilines is 1. The third-order valence-corrected chi connectivity index (χ3v) is 3.20. The zero-order chi connectivity index (χ0) is 16.7. The molecule has 2 aromatic carbocycles. The van der Waals surface area contributed by atoms with Crippen molar-refractivity contribution < 1.29 is 18.7 Å². The lowest BCUT2D eigenvalue weighted by Crippen LogP contribution is -2.14. The van der Waals surface area contributed by atoms with Crippen molar-refractivity contribution in [3.63, 3.8) is 0 Å². The molecule has 0 saturated carbocycles. The number of ketones is 1. The summed E-state index contributed by atoms with van der Waals surface area (Å²) in [5.41, 5.74) is 0.637. The fraction of sp³-hybridized carbons (Fsp3) is 0.222. The monoisotopic (exact) mass is 315 g/mol. The van der Waals surface area contributed by atoms with Crippen molar-refractivity contribution in [1.29, 1.82) is 0 Å². The molecule has 0 aliphatic carbocycles. The van der Waals surface area contributed by atoms with Gasteiger partial charge in [0, 0.05) is 18.5 Å². The first kappa shape index (κ1) is 16.7. The molecule has 0 aliphatic rings. The van der Waals surface area contributed by atoms with Gasteiger partial charge in [-0.1, -0.05) is 12.1 Å². The SMILES string of the molecule is CCOc1ccc(NC(=O)CCC(=O)c2ccccc2F)cc1. The Bertz CT molecular complexity index is 683. The van der Waals surface area contributed by atoms with Crippen LogP contribution in [0.15, 0.2) is 48.5 Å². The van der Waals surface area contributed by atoms with Crippen LogP contribution in [-0.4, -0.2) is 18.3 Å². The Morgan fingerprint density at radius 2 is 1.74 bits per heavy atom. The van der Waals surface area contributed by atoms with Crippen molar-refractivity contribution in [3.8, 4) is 5.75 Å². The molecule has 0 unspecified atom stereocenters. The van der Waals surface area contributed by atoms with Gasteiger partial charge in [-0.2, -0.15) is 0 Å². The second-order valence-electron chi connectivity index (χ2n) is 4.91. The van der Waals surface area contributed by atoms with E-state index in [9.17, 15) is 14.0 Å². The largest absolute Gasteiger partial charge is 0.494 e. The lowest BCUT2D eigenvalue weighted by molar-refractivity contribution is -0.116. The number of nitrogens with one attached hydrogen (secondary N) is 1. The van der Waals surface area contributed by atoms with E-state index in [1.54, 1.807) is 30.3 Å². The molecule has 0 spiro atoms. The van der Waals surface area contributed by atoms with Crippen LogP contribution in [0.3, 0.4) is 0 Å². The summed E-state index contributed by atoms with van der Waals surface area (Å²) in [7, 11) is 0. The summed E-state index contributed by atoms with van der Waals surface area (Å²) in [6.45, 7) is 2.46. The van der Waals surface area contributed by atoms with Crippen molar-refractivity contribution in [2.75, 3.05) is 11.9 Å². The lowest BCUT2D eigenvalue weighted by atomic mass is 10.1. The highest BCUT2D eigenvalue weighted by Crippen LogP contribution is 2.16. The normalized spacial score (nSPS) is 10.2. The number of carbonyl (C=O) groups excluding carboxylic acids is 2. The van der Waals surface area contributed by atoms with E-state index in [-0.39, 0.29) is 30.1 Å². The Kier molecular flexibility index (Phi) is 5.86. The van der Waals surface area contributed by atoms with Gasteiger partial charge in [0.05, 0.1) is 12.2 Å². The Morgan fingerprint density at radius 3 is 2.39 bits per heavy atom. The number of ether oxygens (including phenoxy) is 1. The molecule has 2 aromatic rings. The van der Waals surface area contributed by atoms with Crippen LogP contribution in [0.1, 0.15) is 30.1 Å². The van der Waals surface area contributed by atoms with Crippen LogP contribution < -0.4 is 10.1 Å². The summed E-state index contributed by atoms with van der Waals surface area (Å²) in [6, 6.07) is 12.7. The summed E-state index contributed by atoms with van der Waals surface area (Å²) in [6.07, 6.45) is -0.0375. The van der Waals surface area contributed by atoms with E-state index in [1.165, 1.54) is 18.2 Å². The van der Waals surface area contributed by atoms with Gasteiger partial charge in [0.2, 0.25) is 5.91 Å². The number of hydrogen-bond donors (Lipinski definition) is 1. The van der Waals surface area contributed by atoms with Crippen LogP contribution in [0, 0.1) is 5.82 Å². The van der Waals surface area contributed by atoms with Gasteiger partial charge in [-0.05, 0) is 43.3 Å². The molecular formula is C18H18FNO3. The van der Waals surface area contributed by atoms with Gasteiger partial charge in [0.25, 0.3) is 0 Å². The number of benzene rings is 2. The molecule has 0 aliphatic heterocycles. The third kappa shape index (κ3) is 4.92. The van der Waals surface area contributed by atoms with E-state index >= 15 is 0 Å². The molecule has 1 N–H and O–H groups in total. The number of halogens is 1. The Balaban J connectivity index is 1.85. The number of rotatable bonds is 7. The average Bonchev–Trinajstić information content (AvgIpc) is 2.55. The maximum atomic E-state index is 13.5. The highest BCUT2D eigenvalue weighted by atomic mass is 19.1. The summed E-state index contributed by atoms with van der Waals surface area (Å²) in [5, 5.41) is 2.69. The van der Waals surface area contributed by atoms with Gasteiger partial charge < -0.3 is 10.1 Å². The van der Waals surface area contributed by atoms with E-state index in [0.717, 1.165) is 5.75 Å². The van der Waals surface area contributed by atoms with E-state index in [1.807, 2.05) is 6.92 Å². The van der Waals surface area contributed by atoms with Crippen LogP contribution >= 0.6 is 0 Å². The highest BCUT2D eigenvalue weighted by molar-refractivity contribution is 6.00. The lowest BCUT2D eigenvalue weighted by Gasteiger charge is -2.07. The van der Waals surface area contributed by atoms with E-state index in [4.69, 9.17) is 4.74 Å². The second kappa shape index (κ2) is 8.08. The highest BCUT2D eigenvalue weighted by Gasteiger charge is 2.13. The molecule has 23 heavy (non-hydrogen) atoms. The minimum Gasteiger partial charge on any atom is -0.494 e. The summed E-state index contributed by atoms with van der Waals surface area (Å²) >= 11 is 0. The van der Waals surface area contributed by atoms with Gasteiger partial charge in [0.1, 0.15) is 11.6 Å². The maximum Gasteiger partial charge on any atom is 0.224 e. The fourth-order valence-corrected chi connectivity index (χ4v) is 2.07. The molecule has 0 atom stereocenters. The van der Waals surface area contributed by atoms with Gasteiger partial charge in [-0.3, -0.25) is 9.59 Å².